The van der Waals surface area contributed by atoms with Crippen molar-refractivity contribution >= 4 is 28.9 Å². The number of anilines is 2. The predicted molar refractivity (Wildman–Crippen MR) is 86.1 cm³/mol. The standard InChI is InChI=1S/C15H24ClN3O/c1-4-6-9-19(5-2)11(3)15(20)18-14-8-7-12(17)10-13(14)16/h7-8,10-11H,4-6,9,17H2,1-3H3,(H,18,20). The molecule has 0 aliphatic heterocycles. The van der Waals surface area contributed by atoms with Crippen LogP contribution in [-0.2, 0) is 4.79 Å². The summed E-state index contributed by atoms with van der Waals surface area (Å²) in [5.74, 6) is -0.0466. The highest BCUT2D eigenvalue weighted by Gasteiger charge is 2.20. The van der Waals surface area contributed by atoms with E-state index in [1.807, 2.05) is 6.92 Å². The van der Waals surface area contributed by atoms with Gasteiger partial charge in [-0.3, -0.25) is 9.69 Å². The predicted octanol–water partition coefficient (Wildman–Crippen LogP) is 3.37. The van der Waals surface area contributed by atoms with Crippen molar-refractivity contribution < 1.29 is 4.79 Å². The monoisotopic (exact) mass is 297 g/mol. The van der Waals surface area contributed by atoms with Crippen LogP contribution in [0.3, 0.4) is 0 Å². The van der Waals surface area contributed by atoms with Gasteiger partial charge in [0.1, 0.15) is 0 Å². The molecule has 0 saturated heterocycles. The number of nitrogens with zero attached hydrogens (tertiary/aromatic N) is 1. The van der Waals surface area contributed by atoms with Crippen LogP contribution >= 0.6 is 11.6 Å². The molecule has 0 bridgehead atoms. The Hall–Kier alpha value is -1.26. The first-order valence-corrected chi connectivity index (χ1v) is 7.47. The number of unbranched alkanes of at least 4 members (excludes halogenated alkanes) is 1. The Bertz CT molecular complexity index is 451. The van der Waals surface area contributed by atoms with Gasteiger partial charge in [0.15, 0.2) is 0 Å². The van der Waals surface area contributed by atoms with E-state index in [2.05, 4.69) is 24.1 Å². The molecule has 0 fully saturated rings. The zero-order valence-electron chi connectivity index (χ0n) is 12.4. The van der Waals surface area contributed by atoms with E-state index in [0.29, 0.717) is 16.4 Å². The van der Waals surface area contributed by atoms with Gasteiger partial charge in [-0.05, 0) is 44.6 Å². The van der Waals surface area contributed by atoms with Crippen molar-refractivity contribution in [1.29, 1.82) is 0 Å². The second-order valence-electron chi connectivity index (χ2n) is 4.89. The molecule has 0 aliphatic rings. The minimum absolute atomic E-state index is 0.0466. The van der Waals surface area contributed by atoms with Crippen LogP contribution in [0.2, 0.25) is 5.02 Å². The number of benzene rings is 1. The van der Waals surface area contributed by atoms with E-state index in [0.717, 1.165) is 25.9 Å². The molecule has 0 aromatic heterocycles. The summed E-state index contributed by atoms with van der Waals surface area (Å²) in [6.07, 6.45) is 2.21. The summed E-state index contributed by atoms with van der Waals surface area (Å²) in [7, 11) is 0. The number of hydrogen-bond acceptors (Lipinski definition) is 3. The lowest BCUT2D eigenvalue weighted by atomic mass is 10.2. The quantitative estimate of drug-likeness (QED) is 0.759. The summed E-state index contributed by atoms with van der Waals surface area (Å²) < 4.78 is 0. The number of halogens is 1. The largest absolute Gasteiger partial charge is 0.399 e. The number of likely N-dealkylation sites (N-methyl/N-ethyl adjacent to an activating group) is 1. The fourth-order valence-corrected chi connectivity index (χ4v) is 2.26. The molecule has 0 aliphatic carbocycles. The third-order valence-corrected chi connectivity index (χ3v) is 3.70. The number of amides is 1. The topological polar surface area (TPSA) is 58.4 Å². The van der Waals surface area contributed by atoms with Gasteiger partial charge in [0.25, 0.3) is 0 Å². The van der Waals surface area contributed by atoms with E-state index >= 15 is 0 Å². The molecule has 1 aromatic carbocycles. The molecule has 0 spiro atoms. The Kier molecular flexibility index (Phi) is 6.82. The second kappa shape index (κ2) is 8.12. The first kappa shape index (κ1) is 16.8. The van der Waals surface area contributed by atoms with Crippen LogP contribution in [0.5, 0.6) is 0 Å². The highest BCUT2D eigenvalue weighted by molar-refractivity contribution is 6.34. The third kappa shape index (κ3) is 4.69. The van der Waals surface area contributed by atoms with E-state index in [4.69, 9.17) is 17.3 Å². The average molecular weight is 298 g/mol. The van der Waals surface area contributed by atoms with Crippen molar-refractivity contribution in [2.45, 2.75) is 39.7 Å². The fourth-order valence-electron chi connectivity index (χ4n) is 2.02. The number of carbonyl (C=O) groups is 1. The van der Waals surface area contributed by atoms with Crippen molar-refractivity contribution in [3.63, 3.8) is 0 Å². The number of nitrogen functional groups attached to an aromatic ring is 1. The highest BCUT2D eigenvalue weighted by Crippen LogP contribution is 2.24. The van der Waals surface area contributed by atoms with E-state index in [1.165, 1.54) is 0 Å². The third-order valence-electron chi connectivity index (χ3n) is 3.38. The Morgan fingerprint density at radius 3 is 2.70 bits per heavy atom. The van der Waals surface area contributed by atoms with Crippen molar-refractivity contribution in [1.82, 2.24) is 4.90 Å². The van der Waals surface area contributed by atoms with Crippen molar-refractivity contribution in [2.75, 3.05) is 24.1 Å². The van der Waals surface area contributed by atoms with Crippen LogP contribution in [-0.4, -0.2) is 29.9 Å². The summed E-state index contributed by atoms with van der Waals surface area (Å²) in [4.78, 5) is 14.4. The second-order valence-corrected chi connectivity index (χ2v) is 5.29. The number of rotatable bonds is 7. The zero-order chi connectivity index (χ0) is 15.1. The van der Waals surface area contributed by atoms with Crippen LogP contribution in [0.25, 0.3) is 0 Å². The molecule has 3 N–H and O–H groups in total. The Morgan fingerprint density at radius 1 is 1.45 bits per heavy atom. The van der Waals surface area contributed by atoms with Gasteiger partial charge < -0.3 is 11.1 Å². The van der Waals surface area contributed by atoms with E-state index in [-0.39, 0.29) is 11.9 Å². The zero-order valence-corrected chi connectivity index (χ0v) is 13.2. The molecule has 1 aromatic rings. The van der Waals surface area contributed by atoms with Gasteiger partial charge in [0.05, 0.1) is 16.8 Å². The minimum atomic E-state index is -0.180. The molecule has 1 atom stereocenters. The molecular formula is C15H24ClN3O. The van der Waals surface area contributed by atoms with Gasteiger partial charge in [-0.1, -0.05) is 31.9 Å². The summed E-state index contributed by atoms with van der Waals surface area (Å²) in [5.41, 5.74) is 6.82. The molecule has 0 saturated carbocycles. The molecule has 1 rings (SSSR count). The van der Waals surface area contributed by atoms with Crippen LogP contribution in [0.1, 0.15) is 33.6 Å². The summed E-state index contributed by atoms with van der Waals surface area (Å²) in [6, 6.07) is 4.90. The molecular weight excluding hydrogens is 274 g/mol. The average Bonchev–Trinajstić information content (AvgIpc) is 2.42. The Morgan fingerprint density at radius 2 is 2.15 bits per heavy atom. The van der Waals surface area contributed by atoms with Crippen LogP contribution in [0.15, 0.2) is 18.2 Å². The fraction of sp³-hybridized carbons (Fsp3) is 0.533. The van der Waals surface area contributed by atoms with Gasteiger partial charge in [-0.25, -0.2) is 0 Å². The SMILES string of the molecule is CCCCN(CC)C(C)C(=O)Nc1ccc(N)cc1Cl. The first-order chi connectivity index (χ1) is 9.49. The number of carbonyl (C=O) groups excluding carboxylic acids is 1. The van der Waals surface area contributed by atoms with E-state index in [9.17, 15) is 4.79 Å². The lowest BCUT2D eigenvalue weighted by Gasteiger charge is -2.26. The van der Waals surface area contributed by atoms with Gasteiger partial charge in [0.2, 0.25) is 5.91 Å². The Labute approximate surface area is 126 Å². The van der Waals surface area contributed by atoms with Crippen molar-refractivity contribution in [3.05, 3.63) is 23.2 Å². The van der Waals surface area contributed by atoms with Crippen LogP contribution in [0, 0.1) is 0 Å². The van der Waals surface area contributed by atoms with Gasteiger partial charge in [-0.2, -0.15) is 0 Å². The molecule has 5 heteroatoms. The molecule has 0 radical (unpaired) electrons. The summed E-state index contributed by atoms with van der Waals surface area (Å²) in [6.45, 7) is 7.91. The molecule has 20 heavy (non-hydrogen) atoms. The van der Waals surface area contributed by atoms with E-state index < -0.39 is 0 Å². The maximum atomic E-state index is 12.3. The van der Waals surface area contributed by atoms with Gasteiger partial charge in [0, 0.05) is 5.69 Å². The molecule has 0 heterocycles. The maximum Gasteiger partial charge on any atom is 0.241 e. The van der Waals surface area contributed by atoms with Crippen LogP contribution < -0.4 is 11.1 Å². The van der Waals surface area contributed by atoms with Gasteiger partial charge in [-0.15, -0.1) is 0 Å². The Balaban J connectivity index is 2.68. The smallest absolute Gasteiger partial charge is 0.241 e. The van der Waals surface area contributed by atoms with Crippen molar-refractivity contribution in [2.24, 2.45) is 0 Å². The van der Waals surface area contributed by atoms with Crippen LogP contribution in [0.4, 0.5) is 11.4 Å². The lowest BCUT2D eigenvalue weighted by molar-refractivity contribution is -0.120. The summed E-state index contributed by atoms with van der Waals surface area (Å²) >= 11 is 6.07. The molecule has 1 amide bonds. The number of nitrogens with one attached hydrogen (secondary N) is 1. The number of nitrogens with two attached hydrogens (primary N) is 1. The number of hydrogen-bond donors (Lipinski definition) is 2. The first-order valence-electron chi connectivity index (χ1n) is 7.09. The lowest BCUT2D eigenvalue weighted by Crippen LogP contribution is -2.42. The normalized spacial score (nSPS) is 12.4. The minimum Gasteiger partial charge on any atom is -0.399 e. The molecule has 4 nitrogen and oxygen atoms in total. The van der Waals surface area contributed by atoms with Crippen molar-refractivity contribution in [3.8, 4) is 0 Å². The molecule has 1 unspecified atom stereocenters. The molecule has 112 valence electrons. The van der Waals surface area contributed by atoms with Gasteiger partial charge >= 0.3 is 0 Å². The van der Waals surface area contributed by atoms with E-state index in [1.54, 1.807) is 18.2 Å². The summed E-state index contributed by atoms with van der Waals surface area (Å²) in [5, 5.41) is 3.32. The highest BCUT2D eigenvalue weighted by atomic mass is 35.5. The maximum absolute atomic E-state index is 12.3.